The summed E-state index contributed by atoms with van der Waals surface area (Å²) in [5, 5.41) is 4.67. The summed E-state index contributed by atoms with van der Waals surface area (Å²) in [5.74, 6) is 0. The van der Waals surface area contributed by atoms with Gasteiger partial charge in [0.25, 0.3) is 0 Å². The SMILES string of the molecule is CCNC(C)c1cccc(-c2cccc3ncccc23)c1. The van der Waals surface area contributed by atoms with Crippen molar-refractivity contribution in [3.63, 3.8) is 0 Å². The van der Waals surface area contributed by atoms with Crippen LogP contribution in [0.4, 0.5) is 0 Å². The monoisotopic (exact) mass is 276 g/mol. The molecule has 0 fully saturated rings. The molecule has 1 atom stereocenters. The van der Waals surface area contributed by atoms with Crippen molar-refractivity contribution in [3.8, 4) is 11.1 Å². The first-order valence-electron chi connectivity index (χ1n) is 7.47. The predicted octanol–water partition coefficient (Wildman–Crippen LogP) is 4.57. The van der Waals surface area contributed by atoms with Crippen molar-refractivity contribution in [1.82, 2.24) is 10.3 Å². The lowest BCUT2D eigenvalue weighted by Gasteiger charge is -2.14. The van der Waals surface area contributed by atoms with Crippen LogP contribution < -0.4 is 5.32 Å². The van der Waals surface area contributed by atoms with Crippen LogP contribution in [0.3, 0.4) is 0 Å². The number of benzene rings is 2. The number of rotatable bonds is 4. The van der Waals surface area contributed by atoms with Gasteiger partial charge in [-0.3, -0.25) is 4.98 Å². The van der Waals surface area contributed by atoms with Gasteiger partial charge in [0, 0.05) is 17.6 Å². The van der Waals surface area contributed by atoms with Crippen LogP contribution in [0.1, 0.15) is 25.5 Å². The van der Waals surface area contributed by atoms with E-state index in [2.05, 4.69) is 72.7 Å². The lowest BCUT2D eigenvalue weighted by molar-refractivity contribution is 0.598. The van der Waals surface area contributed by atoms with Crippen LogP contribution >= 0.6 is 0 Å². The molecular formula is C19H20N2. The van der Waals surface area contributed by atoms with Gasteiger partial charge in [0.1, 0.15) is 0 Å². The molecule has 1 unspecified atom stereocenters. The van der Waals surface area contributed by atoms with Crippen LogP contribution in [0, 0.1) is 0 Å². The molecule has 0 saturated carbocycles. The minimum Gasteiger partial charge on any atom is -0.310 e. The molecule has 21 heavy (non-hydrogen) atoms. The Labute approximate surface area is 125 Å². The summed E-state index contributed by atoms with van der Waals surface area (Å²) in [6, 6.07) is 19.6. The topological polar surface area (TPSA) is 24.9 Å². The Morgan fingerprint density at radius 2 is 1.90 bits per heavy atom. The maximum atomic E-state index is 4.44. The first kappa shape index (κ1) is 13.8. The second-order valence-electron chi connectivity index (χ2n) is 5.28. The van der Waals surface area contributed by atoms with E-state index in [1.54, 1.807) is 0 Å². The molecule has 1 heterocycles. The molecule has 0 spiro atoms. The second-order valence-corrected chi connectivity index (χ2v) is 5.28. The van der Waals surface area contributed by atoms with E-state index in [1.165, 1.54) is 22.1 Å². The van der Waals surface area contributed by atoms with E-state index in [0.29, 0.717) is 6.04 Å². The minimum atomic E-state index is 0.364. The number of nitrogens with one attached hydrogen (secondary N) is 1. The normalized spacial score (nSPS) is 12.5. The quantitative estimate of drug-likeness (QED) is 0.755. The Hall–Kier alpha value is -2.19. The Morgan fingerprint density at radius 3 is 2.76 bits per heavy atom. The van der Waals surface area contributed by atoms with Crippen molar-refractivity contribution in [2.24, 2.45) is 0 Å². The zero-order valence-electron chi connectivity index (χ0n) is 12.5. The van der Waals surface area contributed by atoms with E-state index in [0.717, 1.165) is 12.1 Å². The second kappa shape index (κ2) is 6.06. The molecule has 0 aliphatic carbocycles. The van der Waals surface area contributed by atoms with Crippen LogP contribution in [0.2, 0.25) is 0 Å². The van der Waals surface area contributed by atoms with Crippen LogP contribution in [0.25, 0.3) is 22.0 Å². The average molecular weight is 276 g/mol. The number of hydrogen-bond donors (Lipinski definition) is 1. The summed E-state index contributed by atoms with van der Waals surface area (Å²) in [7, 11) is 0. The molecule has 2 nitrogen and oxygen atoms in total. The molecule has 0 radical (unpaired) electrons. The Balaban J connectivity index is 2.09. The fourth-order valence-electron chi connectivity index (χ4n) is 2.75. The van der Waals surface area contributed by atoms with Gasteiger partial charge in [-0.15, -0.1) is 0 Å². The van der Waals surface area contributed by atoms with E-state index in [4.69, 9.17) is 0 Å². The largest absolute Gasteiger partial charge is 0.310 e. The number of fused-ring (bicyclic) bond motifs is 1. The van der Waals surface area contributed by atoms with Crippen molar-refractivity contribution in [1.29, 1.82) is 0 Å². The first-order chi connectivity index (χ1) is 10.3. The van der Waals surface area contributed by atoms with E-state index in [1.807, 2.05) is 12.3 Å². The molecule has 2 heteroatoms. The third kappa shape index (κ3) is 2.81. The molecule has 0 bridgehead atoms. The van der Waals surface area contributed by atoms with Gasteiger partial charge in [-0.2, -0.15) is 0 Å². The van der Waals surface area contributed by atoms with Gasteiger partial charge in [0.2, 0.25) is 0 Å². The van der Waals surface area contributed by atoms with Crippen LogP contribution in [0.5, 0.6) is 0 Å². The van der Waals surface area contributed by atoms with Crippen molar-refractivity contribution >= 4 is 10.9 Å². The van der Waals surface area contributed by atoms with Gasteiger partial charge >= 0.3 is 0 Å². The van der Waals surface area contributed by atoms with Gasteiger partial charge < -0.3 is 5.32 Å². The molecule has 0 aliphatic rings. The summed E-state index contributed by atoms with van der Waals surface area (Å²) in [5.41, 5.74) is 4.84. The highest BCUT2D eigenvalue weighted by Gasteiger charge is 2.07. The van der Waals surface area contributed by atoms with Gasteiger partial charge in [-0.1, -0.05) is 43.3 Å². The third-order valence-corrected chi connectivity index (χ3v) is 3.85. The lowest BCUT2D eigenvalue weighted by atomic mass is 9.97. The third-order valence-electron chi connectivity index (χ3n) is 3.85. The highest BCUT2D eigenvalue weighted by Crippen LogP contribution is 2.29. The molecule has 3 aromatic rings. The van der Waals surface area contributed by atoms with Crippen LogP contribution in [-0.4, -0.2) is 11.5 Å². The molecule has 1 aromatic heterocycles. The summed E-state index contributed by atoms with van der Waals surface area (Å²) < 4.78 is 0. The fourth-order valence-corrected chi connectivity index (χ4v) is 2.75. The number of nitrogens with zero attached hydrogens (tertiary/aromatic N) is 1. The van der Waals surface area contributed by atoms with Gasteiger partial charge in [0.05, 0.1) is 5.52 Å². The van der Waals surface area contributed by atoms with Crippen molar-refractivity contribution in [3.05, 3.63) is 66.4 Å². The molecule has 0 amide bonds. The highest BCUT2D eigenvalue weighted by molar-refractivity contribution is 5.94. The fraction of sp³-hybridized carbons (Fsp3) is 0.211. The minimum absolute atomic E-state index is 0.364. The maximum absolute atomic E-state index is 4.44. The summed E-state index contributed by atoms with van der Waals surface area (Å²) >= 11 is 0. The zero-order chi connectivity index (χ0) is 14.7. The molecule has 1 N–H and O–H groups in total. The van der Waals surface area contributed by atoms with Crippen molar-refractivity contribution < 1.29 is 0 Å². The van der Waals surface area contributed by atoms with E-state index in [9.17, 15) is 0 Å². The van der Waals surface area contributed by atoms with Crippen LogP contribution in [-0.2, 0) is 0 Å². The first-order valence-corrected chi connectivity index (χ1v) is 7.47. The predicted molar refractivity (Wildman–Crippen MR) is 89.3 cm³/mol. The maximum Gasteiger partial charge on any atom is 0.0708 e. The summed E-state index contributed by atoms with van der Waals surface area (Å²) in [6.07, 6.45) is 1.84. The lowest BCUT2D eigenvalue weighted by Crippen LogP contribution is -2.17. The van der Waals surface area contributed by atoms with Crippen LogP contribution in [0.15, 0.2) is 60.8 Å². The Morgan fingerprint density at radius 1 is 1.05 bits per heavy atom. The smallest absolute Gasteiger partial charge is 0.0708 e. The number of pyridine rings is 1. The zero-order valence-corrected chi connectivity index (χ0v) is 12.5. The summed E-state index contributed by atoms with van der Waals surface area (Å²) in [4.78, 5) is 4.44. The van der Waals surface area contributed by atoms with Crippen molar-refractivity contribution in [2.45, 2.75) is 19.9 Å². The van der Waals surface area contributed by atoms with Gasteiger partial charge in [0.15, 0.2) is 0 Å². The van der Waals surface area contributed by atoms with E-state index < -0.39 is 0 Å². The molecule has 3 rings (SSSR count). The molecule has 106 valence electrons. The molecule has 2 aromatic carbocycles. The molecular weight excluding hydrogens is 256 g/mol. The molecule has 0 saturated heterocycles. The molecule has 0 aliphatic heterocycles. The standard InChI is InChI=1S/C19H20N2/c1-3-20-14(2)15-7-4-8-16(13-15)17-9-5-11-19-18(17)10-6-12-21-19/h4-14,20H,3H2,1-2H3. The summed E-state index contributed by atoms with van der Waals surface area (Å²) in [6.45, 7) is 5.31. The van der Waals surface area contributed by atoms with E-state index in [-0.39, 0.29) is 0 Å². The Kier molecular flexibility index (Phi) is 3.98. The highest BCUT2D eigenvalue weighted by atomic mass is 14.9. The van der Waals surface area contributed by atoms with E-state index >= 15 is 0 Å². The van der Waals surface area contributed by atoms with Gasteiger partial charge in [-0.05, 0) is 48.4 Å². The number of hydrogen-bond acceptors (Lipinski definition) is 2. The number of aromatic nitrogens is 1. The van der Waals surface area contributed by atoms with Gasteiger partial charge in [-0.25, -0.2) is 0 Å². The van der Waals surface area contributed by atoms with Crippen molar-refractivity contribution in [2.75, 3.05) is 6.54 Å². The average Bonchev–Trinajstić information content (AvgIpc) is 2.55. The Bertz CT molecular complexity index is 744.